The molecule has 0 saturated carbocycles. The first-order valence-corrected chi connectivity index (χ1v) is 11.8. The lowest BCUT2D eigenvalue weighted by Gasteiger charge is -2.17. The van der Waals surface area contributed by atoms with E-state index < -0.39 is 9.84 Å². The number of sulfone groups is 1. The lowest BCUT2D eigenvalue weighted by Crippen LogP contribution is -2.24. The molecule has 2 aromatic carbocycles. The van der Waals surface area contributed by atoms with E-state index in [0.717, 1.165) is 26.1 Å². The van der Waals surface area contributed by atoms with Crippen LogP contribution in [0.5, 0.6) is 5.75 Å². The van der Waals surface area contributed by atoms with E-state index in [1.165, 1.54) is 11.8 Å². The molecule has 2 atom stereocenters. The molecule has 2 aromatic rings. The third kappa shape index (κ3) is 5.59. The number of hydrogen-bond donors (Lipinski definition) is 0. The van der Waals surface area contributed by atoms with Gasteiger partial charge in [0, 0.05) is 31.8 Å². The highest BCUT2D eigenvalue weighted by Gasteiger charge is 2.29. The van der Waals surface area contributed by atoms with E-state index in [1.807, 2.05) is 18.2 Å². The molecule has 1 heterocycles. The van der Waals surface area contributed by atoms with Gasteiger partial charge >= 0.3 is 0 Å². The van der Waals surface area contributed by atoms with Crippen LogP contribution >= 0.6 is 0 Å². The summed E-state index contributed by atoms with van der Waals surface area (Å²) < 4.78 is 29.5. The smallest absolute Gasteiger partial charge is 0.175 e. The second-order valence-electron chi connectivity index (χ2n) is 8.07. The fourth-order valence-electron chi connectivity index (χ4n) is 3.96. The van der Waals surface area contributed by atoms with Crippen molar-refractivity contribution in [2.45, 2.75) is 25.2 Å². The van der Waals surface area contributed by atoms with E-state index in [-0.39, 0.29) is 0 Å². The van der Waals surface area contributed by atoms with Crippen molar-refractivity contribution in [3.05, 3.63) is 59.2 Å². The van der Waals surface area contributed by atoms with Crippen LogP contribution < -0.4 is 4.74 Å². The van der Waals surface area contributed by atoms with Gasteiger partial charge < -0.3 is 9.64 Å². The molecular formula is C23H28N2O3S. The minimum atomic E-state index is -3.21. The van der Waals surface area contributed by atoms with E-state index in [4.69, 9.17) is 10.00 Å². The van der Waals surface area contributed by atoms with Crippen molar-refractivity contribution in [2.24, 2.45) is 11.8 Å². The summed E-state index contributed by atoms with van der Waals surface area (Å²) in [6, 6.07) is 15.2. The highest BCUT2D eigenvalue weighted by Crippen LogP contribution is 2.26. The molecule has 0 radical (unpaired) electrons. The highest BCUT2D eigenvalue weighted by molar-refractivity contribution is 7.90. The van der Waals surface area contributed by atoms with Crippen LogP contribution in [-0.2, 0) is 16.3 Å². The van der Waals surface area contributed by atoms with Gasteiger partial charge in [0.1, 0.15) is 5.75 Å². The molecule has 5 nitrogen and oxygen atoms in total. The Morgan fingerprint density at radius 3 is 2.69 bits per heavy atom. The van der Waals surface area contributed by atoms with Crippen molar-refractivity contribution in [3.8, 4) is 11.8 Å². The fraction of sp³-hybridized carbons (Fsp3) is 0.435. The first-order valence-electron chi connectivity index (χ1n) is 9.91. The van der Waals surface area contributed by atoms with Crippen LogP contribution in [0.3, 0.4) is 0 Å². The number of likely N-dealkylation sites (tertiary alicyclic amines) is 1. The van der Waals surface area contributed by atoms with Gasteiger partial charge in [0.25, 0.3) is 0 Å². The molecule has 0 bridgehead atoms. The minimum absolute atomic E-state index is 0.353. The predicted octanol–water partition coefficient (Wildman–Crippen LogP) is 3.46. The number of rotatable bonds is 7. The zero-order valence-electron chi connectivity index (χ0n) is 17.3. The summed E-state index contributed by atoms with van der Waals surface area (Å²) in [4.78, 5) is 2.81. The normalized spacial score (nSPS) is 19.8. The first-order chi connectivity index (χ1) is 13.8. The summed E-state index contributed by atoms with van der Waals surface area (Å²) in [6.07, 6.45) is 2.16. The van der Waals surface area contributed by atoms with Crippen molar-refractivity contribution >= 4 is 9.84 Å². The highest BCUT2D eigenvalue weighted by atomic mass is 32.2. The van der Waals surface area contributed by atoms with Crippen LogP contribution in [0.4, 0.5) is 0 Å². The van der Waals surface area contributed by atoms with Gasteiger partial charge in [-0.25, -0.2) is 8.42 Å². The predicted molar refractivity (Wildman–Crippen MR) is 114 cm³/mol. The van der Waals surface area contributed by atoms with Crippen LogP contribution in [0.2, 0.25) is 0 Å². The summed E-state index contributed by atoms with van der Waals surface area (Å²) in [5, 5.41) is 9.03. The van der Waals surface area contributed by atoms with E-state index in [2.05, 4.69) is 24.0 Å². The standard InChI is InChI=1S/C23H28N2O3S/c1-17-11-22(7-8-23(17)29(3,26)27)28-16-21-15-25(14-18(21)2)10-9-19-5-4-6-20(12-19)13-24/h4-8,11-12,18,21H,9-10,14-16H2,1-3H3/t18-,21+/m1/s1. The lowest BCUT2D eigenvalue weighted by atomic mass is 9.99. The Balaban J connectivity index is 1.52. The van der Waals surface area contributed by atoms with E-state index in [1.54, 1.807) is 25.1 Å². The number of ether oxygens (including phenoxy) is 1. The van der Waals surface area contributed by atoms with E-state index in [0.29, 0.717) is 40.2 Å². The molecule has 0 aliphatic carbocycles. The molecule has 0 unspecified atom stereocenters. The summed E-state index contributed by atoms with van der Waals surface area (Å²) in [6.45, 7) is 7.67. The zero-order valence-corrected chi connectivity index (χ0v) is 18.1. The van der Waals surface area contributed by atoms with Gasteiger partial charge in [-0.2, -0.15) is 5.26 Å². The maximum Gasteiger partial charge on any atom is 0.175 e. The number of nitriles is 1. The second kappa shape index (κ2) is 8.98. The summed E-state index contributed by atoms with van der Waals surface area (Å²) in [7, 11) is -3.21. The minimum Gasteiger partial charge on any atom is -0.493 e. The molecule has 1 aliphatic rings. The molecule has 29 heavy (non-hydrogen) atoms. The maximum absolute atomic E-state index is 11.7. The third-order valence-electron chi connectivity index (χ3n) is 5.63. The Morgan fingerprint density at radius 1 is 1.21 bits per heavy atom. The zero-order chi connectivity index (χ0) is 21.0. The number of hydrogen-bond acceptors (Lipinski definition) is 5. The topological polar surface area (TPSA) is 70.4 Å². The lowest BCUT2D eigenvalue weighted by molar-refractivity contribution is 0.225. The Hall–Kier alpha value is -2.36. The van der Waals surface area contributed by atoms with Crippen LogP contribution in [-0.4, -0.2) is 45.8 Å². The average Bonchev–Trinajstić information content (AvgIpc) is 3.03. The van der Waals surface area contributed by atoms with E-state index >= 15 is 0 Å². The van der Waals surface area contributed by atoms with Crippen molar-refractivity contribution < 1.29 is 13.2 Å². The van der Waals surface area contributed by atoms with Crippen molar-refractivity contribution in [1.82, 2.24) is 4.90 Å². The molecule has 0 spiro atoms. The number of benzene rings is 2. The Labute approximate surface area is 173 Å². The van der Waals surface area contributed by atoms with Gasteiger partial charge in [0.2, 0.25) is 0 Å². The third-order valence-corrected chi connectivity index (χ3v) is 6.88. The van der Waals surface area contributed by atoms with Crippen LogP contribution in [0.25, 0.3) is 0 Å². The van der Waals surface area contributed by atoms with Crippen LogP contribution in [0.1, 0.15) is 23.6 Å². The molecule has 1 fully saturated rings. The molecule has 3 rings (SSSR count). The van der Waals surface area contributed by atoms with Gasteiger partial charge in [-0.15, -0.1) is 0 Å². The van der Waals surface area contributed by atoms with Crippen molar-refractivity contribution in [1.29, 1.82) is 5.26 Å². The molecule has 154 valence electrons. The molecular weight excluding hydrogens is 384 g/mol. The number of nitrogens with zero attached hydrogens (tertiary/aromatic N) is 2. The Kier molecular flexibility index (Phi) is 6.61. The monoisotopic (exact) mass is 412 g/mol. The van der Waals surface area contributed by atoms with Gasteiger partial charge in [0.15, 0.2) is 9.84 Å². The Bertz CT molecular complexity index is 1010. The van der Waals surface area contributed by atoms with Gasteiger partial charge in [-0.05, 0) is 60.7 Å². The van der Waals surface area contributed by atoms with Crippen molar-refractivity contribution in [3.63, 3.8) is 0 Å². The van der Waals surface area contributed by atoms with E-state index in [9.17, 15) is 8.42 Å². The van der Waals surface area contributed by atoms with Crippen LogP contribution in [0, 0.1) is 30.1 Å². The van der Waals surface area contributed by atoms with Gasteiger partial charge in [-0.3, -0.25) is 0 Å². The first kappa shape index (κ1) is 21.4. The summed E-state index contributed by atoms with van der Waals surface area (Å²) in [5.41, 5.74) is 2.62. The Morgan fingerprint density at radius 2 is 2.00 bits per heavy atom. The molecule has 0 N–H and O–H groups in total. The maximum atomic E-state index is 11.7. The largest absolute Gasteiger partial charge is 0.493 e. The fourth-order valence-corrected chi connectivity index (χ4v) is 4.92. The van der Waals surface area contributed by atoms with Gasteiger partial charge in [0.05, 0.1) is 23.1 Å². The van der Waals surface area contributed by atoms with Crippen molar-refractivity contribution in [2.75, 3.05) is 32.5 Å². The molecule has 1 aliphatic heterocycles. The summed E-state index contributed by atoms with van der Waals surface area (Å²) >= 11 is 0. The molecule has 0 amide bonds. The molecule has 1 saturated heterocycles. The number of aryl methyl sites for hydroxylation is 1. The SMILES string of the molecule is Cc1cc(OC[C@@H]2CN(CCc3cccc(C#N)c3)C[C@H]2C)ccc1S(C)(=O)=O. The molecule has 6 heteroatoms. The summed E-state index contributed by atoms with van der Waals surface area (Å²) in [5.74, 6) is 1.70. The second-order valence-corrected chi connectivity index (χ2v) is 10.1. The van der Waals surface area contributed by atoms with Gasteiger partial charge in [-0.1, -0.05) is 19.1 Å². The average molecular weight is 413 g/mol. The molecule has 0 aromatic heterocycles. The quantitative estimate of drug-likeness (QED) is 0.696. The van der Waals surface area contributed by atoms with Crippen LogP contribution in [0.15, 0.2) is 47.4 Å².